The molecule has 1 atom stereocenters. The molecule has 0 bridgehead atoms. The van der Waals surface area contributed by atoms with Gasteiger partial charge in [0.05, 0.1) is 13.2 Å². The quantitative estimate of drug-likeness (QED) is 0.186. The van der Waals surface area contributed by atoms with Crippen molar-refractivity contribution < 1.29 is 13.9 Å². The van der Waals surface area contributed by atoms with Crippen LogP contribution in [0.4, 0.5) is 4.39 Å². The zero-order chi connectivity index (χ0) is 25.6. The third kappa shape index (κ3) is 9.00. The SMILES string of the molecule is CCCCCCCCOc1ccc(-c2ccc(-c3ccc(OCCC[C@@H](C)CC)cc3)c(F)c2)cc1. The zero-order valence-corrected chi connectivity index (χ0v) is 22.4. The Hall–Kier alpha value is -2.81. The molecule has 2 nitrogen and oxygen atoms in total. The molecule has 0 fully saturated rings. The van der Waals surface area contributed by atoms with Crippen molar-refractivity contribution >= 4 is 0 Å². The van der Waals surface area contributed by atoms with Crippen molar-refractivity contribution in [2.75, 3.05) is 13.2 Å². The highest BCUT2D eigenvalue weighted by Gasteiger charge is 2.09. The maximum absolute atomic E-state index is 15.0. The molecule has 3 aromatic carbocycles. The van der Waals surface area contributed by atoms with Gasteiger partial charge in [0, 0.05) is 5.56 Å². The van der Waals surface area contributed by atoms with E-state index >= 15 is 4.39 Å². The summed E-state index contributed by atoms with van der Waals surface area (Å²) in [5, 5.41) is 0. The fourth-order valence-corrected chi connectivity index (χ4v) is 4.30. The Balaban J connectivity index is 1.51. The molecular formula is C33H43FO2. The van der Waals surface area contributed by atoms with Crippen molar-refractivity contribution in [2.24, 2.45) is 5.92 Å². The third-order valence-electron chi connectivity index (χ3n) is 6.90. The number of rotatable bonds is 16. The second-order valence-electron chi connectivity index (χ2n) is 9.86. The smallest absolute Gasteiger partial charge is 0.131 e. The van der Waals surface area contributed by atoms with Crippen molar-refractivity contribution in [3.8, 4) is 33.8 Å². The molecule has 0 aromatic heterocycles. The molecule has 0 N–H and O–H groups in total. The average molecular weight is 491 g/mol. The van der Waals surface area contributed by atoms with Gasteiger partial charge in [0.1, 0.15) is 17.3 Å². The second-order valence-corrected chi connectivity index (χ2v) is 9.86. The Kier molecular flexibility index (Phi) is 11.8. The van der Waals surface area contributed by atoms with Gasteiger partial charge in [-0.25, -0.2) is 4.39 Å². The fraction of sp³-hybridized carbons (Fsp3) is 0.455. The summed E-state index contributed by atoms with van der Waals surface area (Å²) in [5.41, 5.74) is 3.29. The number of hydrogen-bond donors (Lipinski definition) is 0. The summed E-state index contributed by atoms with van der Waals surface area (Å²) in [7, 11) is 0. The average Bonchev–Trinajstić information content (AvgIpc) is 2.91. The van der Waals surface area contributed by atoms with E-state index in [1.54, 1.807) is 6.07 Å². The number of hydrogen-bond acceptors (Lipinski definition) is 2. The molecule has 194 valence electrons. The first kappa shape index (κ1) is 27.8. The predicted octanol–water partition coefficient (Wildman–Crippen LogP) is 10.1. The number of unbranched alkanes of at least 4 members (excludes halogenated alkanes) is 5. The third-order valence-corrected chi connectivity index (χ3v) is 6.90. The lowest BCUT2D eigenvalue weighted by atomic mass is 9.99. The van der Waals surface area contributed by atoms with E-state index in [0.717, 1.165) is 60.2 Å². The molecule has 36 heavy (non-hydrogen) atoms. The van der Waals surface area contributed by atoms with Crippen LogP contribution in [-0.4, -0.2) is 13.2 Å². The summed E-state index contributed by atoms with van der Waals surface area (Å²) in [4.78, 5) is 0. The van der Waals surface area contributed by atoms with E-state index in [4.69, 9.17) is 9.47 Å². The number of benzene rings is 3. The van der Waals surface area contributed by atoms with Crippen LogP contribution in [-0.2, 0) is 0 Å². The van der Waals surface area contributed by atoms with Crippen LogP contribution < -0.4 is 9.47 Å². The topological polar surface area (TPSA) is 18.5 Å². The van der Waals surface area contributed by atoms with Crippen LogP contribution in [0.15, 0.2) is 66.7 Å². The normalized spacial score (nSPS) is 11.9. The molecule has 0 radical (unpaired) electrons. The van der Waals surface area contributed by atoms with Crippen LogP contribution in [0.25, 0.3) is 22.3 Å². The summed E-state index contributed by atoms with van der Waals surface area (Å²) >= 11 is 0. The summed E-state index contributed by atoms with van der Waals surface area (Å²) in [5.74, 6) is 2.21. The highest BCUT2D eigenvalue weighted by atomic mass is 19.1. The van der Waals surface area contributed by atoms with Crippen LogP contribution in [0.3, 0.4) is 0 Å². The highest BCUT2D eigenvalue weighted by molar-refractivity contribution is 5.71. The first-order valence-electron chi connectivity index (χ1n) is 13.9. The summed E-state index contributed by atoms with van der Waals surface area (Å²) < 4.78 is 26.8. The zero-order valence-electron chi connectivity index (χ0n) is 22.4. The second kappa shape index (κ2) is 15.3. The maximum atomic E-state index is 15.0. The first-order chi connectivity index (χ1) is 17.6. The number of ether oxygens (including phenoxy) is 2. The van der Waals surface area contributed by atoms with Gasteiger partial charge >= 0.3 is 0 Å². The van der Waals surface area contributed by atoms with Crippen molar-refractivity contribution in [3.05, 3.63) is 72.5 Å². The Bertz CT molecular complexity index is 1010. The molecule has 0 aliphatic carbocycles. The largest absolute Gasteiger partial charge is 0.494 e. The lowest BCUT2D eigenvalue weighted by molar-refractivity contribution is 0.294. The molecule has 0 amide bonds. The van der Waals surface area contributed by atoms with Gasteiger partial charge in [0.2, 0.25) is 0 Å². The molecule has 3 aromatic rings. The van der Waals surface area contributed by atoms with Gasteiger partial charge in [-0.1, -0.05) is 95.7 Å². The van der Waals surface area contributed by atoms with Gasteiger partial charge in [-0.3, -0.25) is 0 Å². The van der Waals surface area contributed by atoms with Crippen LogP contribution in [0.1, 0.15) is 78.6 Å². The molecular weight excluding hydrogens is 447 g/mol. The molecule has 0 aliphatic heterocycles. The van der Waals surface area contributed by atoms with E-state index in [-0.39, 0.29) is 5.82 Å². The summed E-state index contributed by atoms with van der Waals surface area (Å²) in [6.07, 6.45) is 11.0. The van der Waals surface area contributed by atoms with Crippen LogP contribution in [0.5, 0.6) is 11.5 Å². The highest BCUT2D eigenvalue weighted by Crippen LogP contribution is 2.30. The summed E-state index contributed by atoms with van der Waals surface area (Å²) in [6, 6.07) is 21.1. The monoisotopic (exact) mass is 490 g/mol. The number of halogens is 1. The fourth-order valence-electron chi connectivity index (χ4n) is 4.30. The maximum Gasteiger partial charge on any atom is 0.131 e. The van der Waals surface area contributed by atoms with Crippen molar-refractivity contribution in [2.45, 2.75) is 78.6 Å². The standard InChI is InChI=1S/C33H43FO2/c1-4-6-7-8-9-10-23-35-30-18-13-27(14-19-30)29-17-22-32(33(34)25-29)28-15-20-31(21-16-28)36-24-11-12-26(3)5-2/h13-22,25-26H,4-12,23-24H2,1-3H3/t26-/m0/s1. The predicted molar refractivity (Wildman–Crippen MR) is 150 cm³/mol. The lowest BCUT2D eigenvalue weighted by Crippen LogP contribution is -2.00. The van der Waals surface area contributed by atoms with E-state index in [9.17, 15) is 0 Å². The van der Waals surface area contributed by atoms with Gasteiger partial charge in [0.15, 0.2) is 0 Å². The van der Waals surface area contributed by atoms with E-state index in [2.05, 4.69) is 20.8 Å². The molecule has 3 heteroatoms. The summed E-state index contributed by atoms with van der Waals surface area (Å²) in [6.45, 7) is 8.20. The Labute approximate surface area is 217 Å². The lowest BCUT2D eigenvalue weighted by Gasteiger charge is -2.11. The molecule has 0 aliphatic rings. The first-order valence-corrected chi connectivity index (χ1v) is 13.9. The molecule has 0 unspecified atom stereocenters. The van der Waals surface area contributed by atoms with Crippen molar-refractivity contribution in [3.63, 3.8) is 0 Å². The Morgan fingerprint density at radius 2 is 1.19 bits per heavy atom. The van der Waals surface area contributed by atoms with E-state index in [1.807, 2.05) is 60.7 Å². The molecule has 3 rings (SSSR count). The Morgan fingerprint density at radius 1 is 0.639 bits per heavy atom. The van der Waals surface area contributed by atoms with Gasteiger partial charge < -0.3 is 9.47 Å². The van der Waals surface area contributed by atoms with E-state index < -0.39 is 0 Å². The van der Waals surface area contributed by atoms with Crippen LogP contribution >= 0.6 is 0 Å². The molecule has 0 spiro atoms. The Morgan fingerprint density at radius 3 is 1.81 bits per heavy atom. The molecule has 0 heterocycles. The van der Waals surface area contributed by atoms with Crippen molar-refractivity contribution in [1.29, 1.82) is 0 Å². The minimum Gasteiger partial charge on any atom is -0.494 e. The van der Waals surface area contributed by atoms with Crippen LogP contribution in [0, 0.1) is 11.7 Å². The van der Waals surface area contributed by atoms with Crippen molar-refractivity contribution in [1.82, 2.24) is 0 Å². The van der Waals surface area contributed by atoms with Gasteiger partial charge in [-0.05, 0) is 72.2 Å². The van der Waals surface area contributed by atoms with E-state index in [0.29, 0.717) is 5.56 Å². The van der Waals surface area contributed by atoms with Gasteiger partial charge in [0.25, 0.3) is 0 Å². The van der Waals surface area contributed by atoms with Gasteiger partial charge in [-0.15, -0.1) is 0 Å². The minimum absolute atomic E-state index is 0.224. The van der Waals surface area contributed by atoms with Crippen LogP contribution in [0.2, 0.25) is 0 Å². The molecule has 0 saturated heterocycles. The minimum atomic E-state index is -0.224. The van der Waals surface area contributed by atoms with E-state index in [1.165, 1.54) is 44.9 Å². The van der Waals surface area contributed by atoms with Gasteiger partial charge in [-0.2, -0.15) is 0 Å². The molecule has 0 saturated carbocycles.